The normalized spacial score (nSPS) is 11.2. The number of aldehydes is 1. The summed E-state index contributed by atoms with van der Waals surface area (Å²) in [4.78, 5) is 13.7. The summed E-state index contributed by atoms with van der Waals surface area (Å²) in [5, 5.41) is 0. The quantitative estimate of drug-likeness (QED) is 0.641. The Hall–Kier alpha value is -1.31. The average molecular weight is 275 g/mol. The van der Waals surface area contributed by atoms with Crippen molar-refractivity contribution < 1.29 is 4.79 Å². The molecule has 0 aliphatic heterocycles. The molecule has 1 aromatic carbocycles. The average Bonchev–Trinajstić information content (AvgIpc) is 2.38. The van der Waals surface area contributed by atoms with Crippen molar-refractivity contribution in [2.45, 2.75) is 47.5 Å². The highest BCUT2D eigenvalue weighted by atomic mass is 16.1. The van der Waals surface area contributed by atoms with Crippen molar-refractivity contribution in [3.05, 3.63) is 29.3 Å². The number of hydrogen-bond acceptors (Lipinski definition) is 2. The van der Waals surface area contributed by atoms with Crippen LogP contribution in [0, 0.1) is 18.8 Å². The number of aryl methyl sites for hydroxylation is 1. The Bertz CT molecular complexity index is 411. The fraction of sp³-hybridized carbons (Fsp3) is 0.611. The van der Waals surface area contributed by atoms with Crippen molar-refractivity contribution >= 4 is 12.0 Å². The molecule has 2 nitrogen and oxygen atoms in total. The molecule has 20 heavy (non-hydrogen) atoms. The van der Waals surface area contributed by atoms with Crippen LogP contribution in [0.3, 0.4) is 0 Å². The number of anilines is 1. The van der Waals surface area contributed by atoms with Gasteiger partial charge >= 0.3 is 0 Å². The van der Waals surface area contributed by atoms with E-state index in [4.69, 9.17) is 0 Å². The summed E-state index contributed by atoms with van der Waals surface area (Å²) >= 11 is 0. The zero-order chi connectivity index (χ0) is 15.1. The standard InChI is InChI=1S/C18H29NO/c1-14(2)8-10-19(11-9-15(3)4)18-7-6-16(5)12-17(18)13-20/h6-7,12-15H,8-11H2,1-5H3. The second kappa shape index (κ2) is 8.08. The van der Waals surface area contributed by atoms with Gasteiger partial charge in [0.05, 0.1) is 0 Å². The summed E-state index contributed by atoms with van der Waals surface area (Å²) < 4.78 is 0. The van der Waals surface area contributed by atoms with E-state index in [1.807, 2.05) is 13.0 Å². The molecule has 0 bridgehead atoms. The van der Waals surface area contributed by atoms with Gasteiger partial charge < -0.3 is 4.90 Å². The Kier molecular flexibility index (Phi) is 6.77. The maximum atomic E-state index is 11.3. The van der Waals surface area contributed by atoms with Gasteiger partial charge in [-0.3, -0.25) is 4.79 Å². The minimum atomic E-state index is 0.682. The molecule has 0 saturated carbocycles. The lowest BCUT2D eigenvalue weighted by Crippen LogP contribution is -2.28. The Morgan fingerprint density at radius 1 is 1.05 bits per heavy atom. The molecular weight excluding hydrogens is 246 g/mol. The molecule has 0 unspecified atom stereocenters. The number of carbonyl (C=O) groups excluding carboxylic acids is 1. The maximum absolute atomic E-state index is 11.3. The van der Waals surface area contributed by atoms with Crippen LogP contribution in [0.4, 0.5) is 5.69 Å². The third-order valence-corrected chi connectivity index (χ3v) is 3.60. The van der Waals surface area contributed by atoms with Crippen LogP contribution in [0.15, 0.2) is 18.2 Å². The second-order valence-corrected chi connectivity index (χ2v) is 6.53. The van der Waals surface area contributed by atoms with E-state index >= 15 is 0 Å². The molecular formula is C18H29NO. The second-order valence-electron chi connectivity index (χ2n) is 6.53. The summed E-state index contributed by atoms with van der Waals surface area (Å²) in [7, 11) is 0. The van der Waals surface area contributed by atoms with E-state index in [-0.39, 0.29) is 0 Å². The lowest BCUT2D eigenvalue weighted by Gasteiger charge is -2.28. The minimum absolute atomic E-state index is 0.682. The lowest BCUT2D eigenvalue weighted by atomic mass is 10.1. The predicted octanol–water partition coefficient (Wildman–Crippen LogP) is 4.71. The van der Waals surface area contributed by atoms with E-state index in [0.29, 0.717) is 11.8 Å². The summed E-state index contributed by atoms with van der Waals surface area (Å²) in [5.74, 6) is 1.36. The van der Waals surface area contributed by atoms with Crippen molar-refractivity contribution in [1.82, 2.24) is 0 Å². The molecule has 112 valence electrons. The summed E-state index contributed by atoms with van der Waals surface area (Å²) in [6, 6.07) is 6.18. The lowest BCUT2D eigenvalue weighted by molar-refractivity contribution is 0.112. The van der Waals surface area contributed by atoms with E-state index in [2.05, 4.69) is 44.7 Å². The van der Waals surface area contributed by atoms with Crippen LogP contribution >= 0.6 is 0 Å². The van der Waals surface area contributed by atoms with Crippen LogP contribution in [0.2, 0.25) is 0 Å². The highest BCUT2D eigenvalue weighted by molar-refractivity contribution is 5.85. The molecule has 0 spiro atoms. The fourth-order valence-electron chi connectivity index (χ4n) is 2.24. The van der Waals surface area contributed by atoms with E-state index in [1.165, 1.54) is 0 Å². The van der Waals surface area contributed by atoms with E-state index in [9.17, 15) is 4.79 Å². The third kappa shape index (κ3) is 5.36. The number of carbonyl (C=O) groups is 1. The number of benzene rings is 1. The van der Waals surface area contributed by atoms with Gasteiger partial charge in [-0.25, -0.2) is 0 Å². The van der Waals surface area contributed by atoms with Gasteiger partial charge in [-0.2, -0.15) is 0 Å². The molecule has 1 aromatic rings. The molecule has 2 heteroatoms. The predicted molar refractivity (Wildman–Crippen MR) is 87.7 cm³/mol. The largest absolute Gasteiger partial charge is 0.371 e. The molecule has 0 heterocycles. The first-order valence-electron chi connectivity index (χ1n) is 7.74. The fourth-order valence-corrected chi connectivity index (χ4v) is 2.24. The Morgan fingerprint density at radius 2 is 1.60 bits per heavy atom. The zero-order valence-electron chi connectivity index (χ0n) is 13.6. The third-order valence-electron chi connectivity index (χ3n) is 3.60. The number of rotatable bonds is 8. The van der Waals surface area contributed by atoms with Gasteiger partial charge in [0.1, 0.15) is 0 Å². The van der Waals surface area contributed by atoms with Gasteiger partial charge in [0.2, 0.25) is 0 Å². The molecule has 0 atom stereocenters. The minimum Gasteiger partial charge on any atom is -0.371 e. The van der Waals surface area contributed by atoms with Crippen LogP contribution in [-0.2, 0) is 0 Å². The van der Waals surface area contributed by atoms with Gasteiger partial charge in [0.25, 0.3) is 0 Å². The van der Waals surface area contributed by atoms with Gasteiger partial charge in [0.15, 0.2) is 6.29 Å². The molecule has 0 fully saturated rings. The topological polar surface area (TPSA) is 20.3 Å². The van der Waals surface area contributed by atoms with Crippen LogP contribution in [0.5, 0.6) is 0 Å². The molecule has 0 aliphatic rings. The summed E-state index contributed by atoms with van der Waals surface area (Å²) in [6.07, 6.45) is 3.30. The highest BCUT2D eigenvalue weighted by Gasteiger charge is 2.12. The van der Waals surface area contributed by atoms with E-state index < -0.39 is 0 Å². The van der Waals surface area contributed by atoms with Crippen LogP contribution < -0.4 is 4.90 Å². The monoisotopic (exact) mass is 275 g/mol. The Balaban J connectivity index is 2.92. The van der Waals surface area contributed by atoms with Crippen molar-refractivity contribution in [3.63, 3.8) is 0 Å². The number of hydrogen-bond donors (Lipinski definition) is 0. The van der Waals surface area contributed by atoms with Crippen LogP contribution in [-0.4, -0.2) is 19.4 Å². The Morgan fingerprint density at radius 3 is 2.05 bits per heavy atom. The van der Waals surface area contributed by atoms with Crippen LogP contribution in [0.25, 0.3) is 0 Å². The van der Waals surface area contributed by atoms with Gasteiger partial charge in [-0.15, -0.1) is 0 Å². The molecule has 0 aliphatic carbocycles. The molecule has 0 aromatic heterocycles. The molecule has 0 radical (unpaired) electrons. The maximum Gasteiger partial charge on any atom is 0.152 e. The first-order valence-corrected chi connectivity index (χ1v) is 7.74. The molecule has 1 rings (SSSR count). The summed E-state index contributed by atoms with van der Waals surface area (Å²) in [5.41, 5.74) is 3.05. The van der Waals surface area contributed by atoms with Gasteiger partial charge in [0, 0.05) is 24.3 Å². The first kappa shape index (κ1) is 16.7. The Labute approximate surface area is 124 Å². The first-order chi connectivity index (χ1) is 9.43. The highest BCUT2D eigenvalue weighted by Crippen LogP contribution is 2.22. The van der Waals surface area contributed by atoms with E-state index in [0.717, 1.165) is 49.0 Å². The van der Waals surface area contributed by atoms with Crippen molar-refractivity contribution in [3.8, 4) is 0 Å². The molecule has 0 N–H and O–H groups in total. The van der Waals surface area contributed by atoms with Crippen molar-refractivity contribution in [2.75, 3.05) is 18.0 Å². The summed E-state index contributed by atoms with van der Waals surface area (Å²) in [6.45, 7) is 13.1. The molecule has 0 amide bonds. The van der Waals surface area contributed by atoms with Crippen molar-refractivity contribution in [2.24, 2.45) is 11.8 Å². The van der Waals surface area contributed by atoms with E-state index in [1.54, 1.807) is 0 Å². The van der Waals surface area contributed by atoms with Gasteiger partial charge in [-0.1, -0.05) is 39.3 Å². The number of nitrogens with zero attached hydrogens (tertiary/aromatic N) is 1. The zero-order valence-corrected chi connectivity index (χ0v) is 13.6. The van der Waals surface area contributed by atoms with Crippen LogP contribution in [0.1, 0.15) is 56.5 Å². The molecule has 0 saturated heterocycles. The van der Waals surface area contributed by atoms with Crippen molar-refractivity contribution in [1.29, 1.82) is 0 Å². The SMILES string of the molecule is Cc1ccc(N(CCC(C)C)CCC(C)C)c(C=O)c1. The van der Waals surface area contributed by atoms with Gasteiger partial charge in [-0.05, 0) is 43.7 Å². The smallest absolute Gasteiger partial charge is 0.152 e.